The summed E-state index contributed by atoms with van der Waals surface area (Å²) in [6.45, 7) is 2.47. The van der Waals surface area contributed by atoms with Crippen molar-refractivity contribution in [1.29, 1.82) is 0 Å². The number of anilines is 1. The quantitative estimate of drug-likeness (QED) is 0.868. The molecule has 0 spiro atoms. The van der Waals surface area contributed by atoms with Crippen LogP contribution in [0.2, 0.25) is 5.02 Å². The van der Waals surface area contributed by atoms with Crippen molar-refractivity contribution in [3.8, 4) is 0 Å². The fraction of sp³-hybridized carbons (Fsp3) is 0.438. The van der Waals surface area contributed by atoms with Gasteiger partial charge >= 0.3 is 0 Å². The Morgan fingerprint density at radius 1 is 1.23 bits per heavy atom. The molecular weight excluding hydrogens is 300 g/mol. The predicted molar refractivity (Wildman–Crippen MR) is 85.4 cm³/mol. The van der Waals surface area contributed by atoms with Gasteiger partial charge in [0.05, 0.1) is 22.9 Å². The summed E-state index contributed by atoms with van der Waals surface area (Å²) in [4.78, 5) is 18.2. The lowest BCUT2D eigenvalue weighted by Gasteiger charge is -2.41. The van der Waals surface area contributed by atoms with Crippen LogP contribution in [0.3, 0.4) is 0 Å². The number of halogens is 1. The molecule has 2 aromatic heterocycles. The van der Waals surface area contributed by atoms with Gasteiger partial charge in [0.1, 0.15) is 0 Å². The van der Waals surface area contributed by atoms with Gasteiger partial charge in [-0.1, -0.05) is 11.6 Å². The van der Waals surface area contributed by atoms with E-state index in [0.29, 0.717) is 23.4 Å². The van der Waals surface area contributed by atoms with Gasteiger partial charge in [-0.2, -0.15) is 5.10 Å². The van der Waals surface area contributed by atoms with Crippen LogP contribution >= 0.6 is 11.6 Å². The van der Waals surface area contributed by atoms with Crippen molar-refractivity contribution in [3.05, 3.63) is 51.7 Å². The molecule has 2 aromatic rings. The van der Waals surface area contributed by atoms with Crippen LogP contribution in [0.1, 0.15) is 24.5 Å². The Hall–Kier alpha value is -1.88. The van der Waals surface area contributed by atoms with Crippen LogP contribution in [-0.4, -0.2) is 27.9 Å². The zero-order chi connectivity index (χ0) is 15.1. The second-order valence-corrected chi connectivity index (χ2v) is 6.56. The highest BCUT2D eigenvalue weighted by Crippen LogP contribution is 2.38. The van der Waals surface area contributed by atoms with Crippen LogP contribution in [0.5, 0.6) is 0 Å². The molecule has 0 N–H and O–H groups in total. The summed E-state index contributed by atoms with van der Waals surface area (Å²) in [6.07, 6.45) is 5.81. The molecule has 0 atom stereocenters. The molecule has 0 amide bonds. The molecule has 1 aliphatic carbocycles. The Morgan fingerprint density at radius 3 is 2.77 bits per heavy atom. The number of rotatable bonds is 4. The molecular formula is C16H17ClN4O. The van der Waals surface area contributed by atoms with Crippen molar-refractivity contribution in [2.75, 3.05) is 18.0 Å². The van der Waals surface area contributed by atoms with Crippen molar-refractivity contribution in [2.45, 2.75) is 25.3 Å². The lowest BCUT2D eigenvalue weighted by atomic mass is 9.99. The first-order valence-corrected chi connectivity index (χ1v) is 8.01. The highest BCUT2D eigenvalue weighted by molar-refractivity contribution is 6.33. The van der Waals surface area contributed by atoms with E-state index >= 15 is 0 Å². The lowest BCUT2D eigenvalue weighted by Crippen LogP contribution is -2.49. The Morgan fingerprint density at radius 2 is 2.05 bits per heavy atom. The second kappa shape index (κ2) is 5.39. The highest BCUT2D eigenvalue weighted by atomic mass is 35.5. The van der Waals surface area contributed by atoms with Crippen molar-refractivity contribution in [2.24, 2.45) is 5.92 Å². The van der Waals surface area contributed by atoms with Crippen LogP contribution in [0.4, 0.5) is 5.69 Å². The van der Waals surface area contributed by atoms with Gasteiger partial charge in [0.25, 0.3) is 5.56 Å². The SMILES string of the molecule is O=c1ccc(C2CC2)nn1CC1CN(c2ccncc2Cl)C1. The third-order valence-electron chi connectivity index (χ3n) is 4.36. The second-order valence-electron chi connectivity index (χ2n) is 6.15. The predicted octanol–water partition coefficient (Wildman–Crippen LogP) is 2.31. The van der Waals surface area contributed by atoms with Gasteiger partial charge in [-0.25, -0.2) is 4.68 Å². The summed E-state index contributed by atoms with van der Waals surface area (Å²) in [5.41, 5.74) is 2.07. The van der Waals surface area contributed by atoms with Gasteiger partial charge in [0.2, 0.25) is 0 Å². The number of pyridine rings is 1. The topological polar surface area (TPSA) is 51.0 Å². The number of nitrogens with zero attached hydrogens (tertiary/aromatic N) is 4. The molecule has 22 heavy (non-hydrogen) atoms. The van der Waals surface area contributed by atoms with Crippen LogP contribution in [0, 0.1) is 5.92 Å². The van der Waals surface area contributed by atoms with Gasteiger partial charge in [-0.05, 0) is 25.0 Å². The van der Waals surface area contributed by atoms with Crippen LogP contribution in [0.25, 0.3) is 0 Å². The Kier molecular flexibility index (Phi) is 3.37. The van der Waals surface area contributed by atoms with E-state index in [1.54, 1.807) is 23.1 Å². The van der Waals surface area contributed by atoms with Gasteiger partial charge in [-0.15, -0.1) is 0 Å². The third-order valence-corrected chi connectivity index (χ3v) is 4.65. The van der Waals surface area contributed by atoms with E-state index in [-0.39, 0.29) is 5.56 Å². The molecule has 1 aliphatic heterocycles. The maximum absolute atomic E-state index is 12.0. The Labute approximate surface area is 133 Å². The Bertz CT molecular complexity index is 750. The van der Waals surface area contributed by atoms with Crippen LogP contribution in [0.15, 0.2) is 35.4 Å². The maximum atomic E-state index is 12.0. The van der Waals surface area contributed by atoms with Gasteiger partial charge < -0.3 is 4.90 Å². The number of hydrogen-bond donors (Lipinski definition) is 0. The monoisotopic (exact) mass is 316 g/mol. The molecule has 114 valence electrons. The molecule has 6 heteroatoms. The number of aromatic nitrogens is 3. The minimum atomic E-state index is -0.00945. The summed E-state index contributed by atoms with van der Waals surface area (Å²) >= 11 is 6.16. The molecule has 0 radical (unpaired) electrons. The third kappa shape index (κ3) is 2.61. The van der Waals surface area contributed by atoms with E-state index in [0.717, 1.165) is 24.5 Å². The lowest BCUT2D eigenvalue weighted by molar-refractivity contribution is 0.333. The van der Waals surface area contributed by atoms with Crippen molar-refractivity contribution in [1.82, 2.24) is 14.8 Å². The summed E-state index contributed by atoms with van der Waals surface area (Å²) in [6, 6.07) is 5.45. The van der Waals surface area contributed by atoms with E-state index in [1.807, 2.05) is 12.1 Å². The summed E-state index contributed by atoms with van der Waals surface area (Å²) < 4.78 is 1.63. The molecule has 4 rings (SSSR count). The first-order valence-electron chi connectivity index (χ1n) is 7.63. The smallest absolute Gasteiger partial charge is 0.266 e. The van der Waals surface area contributed by atoms with Gasteiger partial charge in [-0.3, -0.25) is 9.78 Å². The average molecular weight is 317 g/mol. The van der Waals surface area contributed by atoms with E-state index in [9.17, 15) is 4.79 Å². The first kappa shape index (κ1) is 13.8. The zero-order valence-corrected chi connectivity index (χ0v) is 12.9. The summed E-state index contributed by atoms with van der Waals surface area (Å²) in [5, 5.41) is 5.19. The highest BCUT2D eigenvalue weighted by Gasteiger charge is 2.30. The average Bonchev–Trinajstić information content (AvgIpc) is 3.30. The zero-order valence-electron chi connectivity index (χ0n) is 12.2. The minimum absolute atomic E-state index is 0.00945. The molecule has 2 fully saturated rings. The largest absolute Gasteiger partial charge is 0.369 e. The van der Waals surface area contributed by atoms with E-state index < -0.39 is 0 Å². The molecule has 2 aliphatic rings. The minimum Gasteiger partial charge on any atom is -0.369 e. The van der Waals surface area contributed by atoms with Gasteiger partial charge in [0, 0.05) is 43.4 Å². The fourth-order valence-corrected chi connectivity index (χ4v) is 3.18. The number of hydrogen-bond acceptors (Lipinski definition) is 4. The molecule has 0 bridgehead atoms. The van der Waals surface area contributed by atoms with Gasteiger partial charge in [0.15, 0.2) is 0 Å². The standard InChI is InChI=1S/C16H17ClN4O/c17-13-7-18-6-5-15(13)20-8-11(9-20)10-21-16(22)4-3-14(19-21)12-1-2-12/h3-7,11-12H,1-2,8-10H2. The first-order chi connectivity index (χ1) is 10.7. The molecule has 1 saturated heterocycles. The molecule has 0 unspecified atom stereocenters. The molecule has 3 heterocycles. The normalized spacial score (nSPS) is 18.3. The fourth-order valence-electron chi connectivity index (χ4n) is 2.94. The van der Waals surface area contributed by atoms with E-state index in [4.69, 9.17) is 11.6 Å². The Balaban J connectivity index is 1.43. The molecule has 5 nitrogen and oxygen atoms in total. The summed E-state index contributed by atoms with van der Waals surface area (Å²) in [7, 11) is 0. The van der Waals surface area contributed by atoms with Crippen molar-refractivity contribution in [3.63, 3.8) is 0 Å². The van der Waals surface area contributed by atoms with Crippen LogP contribution in [-0.2, 0) is 6.54 Å². The van der Waals surface area contributed by atoms with Crippen LogP contribution < -0.4 is 10.5 Å². The molecule has 1 saturated carbocycles. The van der Waals surface area contributed by atoms with Crippen molar-refractivity contribution < 1.29 is 0 Å². The molecule has 0 aromatic carbocycles. The van der Waals surface area contributed by atoms with E-state index in [2.05, 4.69) is 15.0 Å². The summed E-state index contributed by atoms with van der Waals surface area (Å²) in [5.74, 6) is 1.00. The van der Waals surface area contributed by atoms with E-state index in [1.165, 1.54) is 12.8 Å². The maximum Gasteiger partial charge on any atom is 0.266 e. The van der Waals surface area contributed by atoms with Crippen molar-refractivity contribution >= 4 is 17.3 Å².